The molecule has 0 aliphatic carbocycles. The summed E-state index contributed by atoms with van der Waals surface area (Å²) in [6.07, 6.45) is 2.96. The van der Waals surface area contributed by atoms with Gasteiger partial charge in [-0.05, 0) is 12.5 Å². The average molecular weight is 319 g/mol. The molecule has 5 heteroatoms. The van der Waals surface area contributed by atoms with Crippen molar-refractivity contribution in [2.75, 3.05) is 33.3 Å². The molecular formula is C15H24Cl2N2O. The molecule has 1 aliphatic heterocycles. The Labute approximate surface area is 134 Å². The van der Waals surface area contributed by atoms with Gasteiger partial charge in [-0.15, -0.1) is 31.4 Å². The summed E-state index contributed by atoms with van der Waals surface area (Å²) in [6, 6.07) is 8.67. The molecule has 0 bridgehead atoms. The van der Waals surface area contributed by atoms with Gasteiger partial charge in [0, 0.05) is 37.8 Å². The molecule has 0 amide bonds. The highest BCUT2D eigenvalue weighted by Crippen LogP contribution is 2.32. The highest BCUT2D eigenvalue weighted by Gasteiger charge is 2.23. The molecule has 1 fully saturated rings. The quantitative estimate of drug-likeness (QED) is 0.844. The molecule has 1 aliphatic rings. The zero-order valence-electron chi connectivity index (χ0n) is 11.9. The molecular weight excluding hydrogens is 295 g/mol. The van der Waals surface area contributed by atoms with E-state index in [1.165, 1.54) is 5.56 Å². The fourth-order valence-electron chi connectivity index (χ4n) is 2.57. The lowest BCUT2D eigenvalue weighted by molar-refractivity contribution is 0.171. The first-order valence-electron chi connectivity index (χ1n) is 6.55. The van der Waals surface area contributed by atoms with E-state index in [0.717, 1.165) is 38.3 Å². The van der Waals surface area contributed by atoms with Crippen molar-refractivity contribution in [1.29, 1.82) is 0 Å². The van der Waals surface area contributed by atoms with Gasteiger partial charge in [0.25, 0.3) is 0 Å². The van der Waals surface area contributed by atoms with E-state index in [-0.39, 0.29) is 24.8 Å². The van der Waals surface area contributed by atoms with Crippen LogP contribution in [0, 0.1) is 0 Å². The zero-order valence-corrected chi connectivity index (χ0v) is 13.5. The Morgan fingerprint density at radius 2 is 1.95 bits per heavy atom. The molecule has 1 heterocycles. The van der Waals surface area contributed by atoms with Crippen molar-refractivity contribution in [2.24, 2.45) is 0 Å². The monoisotopic (exact) mass is 318 g/mol. The summed E-state index contributed by atoms with van der Waals surface area (Å²) < 4.78 is 5.49. The highest BCUT2D eigenvalue weighted by molar-refractivity contribution is 5.85. The van der Waals surface area contributed by atoms with Crippen molar-refractivity contribution >= 4 is 24.8 Å². The number of halogens is 2. The number of rotatable bonds is 5. The summed E-state index contributed by atoms with van der Waals surface area (Å²) in [5.41, 5.74) is 1.27. The van der Waals surface area contributed by atoms with Gasteiger partial charge in [-0.25, -0.2) is 0 Å². The molecule has 0 aromatic heterocycles. The lowest BCUT2D eigenvalue weighted by Gasteiger charge is -2.35. The van der Waals surface area contributed by atoms with Crippen molar-refractivity contribution in [3.8, 4) is 5.75 Å². The van der Waals surface area contributed by atoms with Crippen LogP contribution in [0.5, 0.6) is 5.75 Å². The summed E-state index contributed by atoms with van der Waals surface area (Å²) in [6.45, 7) is 8.17. The van der Waals surface area contributed by atoms with Crippen molar-refractivity contribution in [3.63, 3.8) is 0 Å². The van der Waals surface area contributed by atoms with Crippen LogP contribution in [-0.4, -0.2) is 38.2 Å². The van der Waals surface area contributed by atoms with Crippen LogP contribution in [0.2, 0.25) is 0 Å². The minimum atomic E-state index is 0. The Kier molecular flexibility index (Phi) is 9.68. The zero-order chi connectivity index (χ0) is 12.8. The molecule has 0 radical (unpaired) electrons. The van der Waals surface area contributed by atoms with Crippen LogP contribution in [0.3, 0.4) is 0 Å². The van der Waals surface area contributed by atoms with Gasteiger partial charge in [0.05, 0.1) is 7.11 Å². The Balaban J connectivity index is 0.00000180. The van der Waals surface area contributed by atoms with E-state index >= 15 is 0 Å². The smallest absolute Gasteiger partial charge is 0.123 e. The molecule has 1 N–H and O–H groups in total. The van der Waals surface area contributed by atoms with E-state index < -0.39 is 0 Å². The number of piperazine rings is 1. The average Bonchev–Trinajstić information content (AvgIpc) is 2.46. The first-order valence-corrected chi connectivity index (χ1v) is 6.55. The lowest BCUT2D eigenvalue weighted by Crippen LogP contribution is -2.45. The summed E-state index contributed by atoms with van der Waals surface area (Å²) in [5, 5.41) is 3.39. The standard InChI is InChI=1S/C15H22N2O.2ClH/c1-3-6-14(17-11-9-16-10-12-17)13-7-4-5-8-15(13)18-2;;/h3-5,7-8,14,16H,1,6,9-12H2,2H3;2*1H/t14-;;/m0../s1. The van der Waals surface area contributed by atoms with E-state index in [2.05, 4.69) is 28.9 Å². The molecule has 0 spiro atoms. The van der Waals surface area contributed by atoms with Gasteiger partial charge in [-0.3, -0.25) is 4.90 Å². The molecule has 1 saturated heterocycles. The van der Waals surface area contributed by atoms with E-state index in [1.54, 1.807) is 7.11 Å². The summed E-state index contributed by atoms with van der Waals surface area (Å²) in [4.78, 5) is 2.51. The van der Waals surface area contributed by atoms with Gasteiger partial charge < -0.3 is 10.1 Å². The van der Waals surface area contributed by atoms with Crippen LogP contribution in [0.1, 0.15) is 18.0 Å². The number of nitrogens with one attached hydrogen (secondary N) is 1. The second-order valence-electron chi connectivity index (χ2n) is 4.57. The van der Waals surface area contributed by atoms with Gasteiger partial charge in [-0.2, -0.15) is 0 Å². The second-order valence-corrected chi connectivity index (χ2v) is 4.57. The largest absolute Gasteiger partial charge is 0.496 e. The van der Waals surface area contributed by atoms with E-state index in [9.17, 15) is 0 Å². The minimum Gasteiger partial charge on any atom is -0.496 e. The first-order chi connectivity index (χ1) is 8.86. The molecule has 3 nitrogen and oxygen atoms in total. The van der Waals surface area contributed by atoms with E-state index in [4.69, 9.17) is 4.74 Å². The summed E-state index contributed by atoms with van der Waals surface area (Å²) in [7, 11) is 1.74. The molecule has 1 aromatic carbocycles. The van der Waals surface area contributed by atoms with Crippen LogP contribution >= 0.6 is 24.8 Å². The predicted molar refractivity (Wildman–Crippen MR) is 89.5 cm³/mol. The third kappa shape index (κ3) is 4.67. The van der Waals surface area contributed by atoms with Crippen molar-refractivity contribution in [1.82, 2.24) is 10.2 Å². The van der Waals surface area contributed by atoms with Crippen LogP contribution in [-0.2, 0) is 0 Å². The Morgan fingerprint density at radius 3 is 2.55 bits per heavy atom. The fraction of sp³-hybridized carbons (Fsp3) is 0.467. The number of ether oxygens (including phenoxy) is 1. The van der Waals surface area contributed by atoms with E-state index in [1.807, 2.05) is 18.2 Å². The lowest BCUT2D eigenvalue weighted by atomic mass is 10.00. The molecule has 1 aromatic rings. The number of benzene rings is 1. The van der Waals surface area contributed by atoms with Crippen LogP contribution < -0.4 is 10.1 Å². The predicted octanol–water partition coefficient (Wildman–Crippen LogP) is 3.06. The maximum Gasteiger partial charge on any atom is 0.123 e. The normalized spacial score (nSPS) is 16.4. The highest BCUT2D eigenvalue weighted by atomic mass is 35.5. The van der Waals surface area contributed by atoms with Gasteiger partial charge in [-0.1, -0.05) is 24.3 Å². The number of methoxy groups -OCH3 is 1. The Hall–Kier alpha value is -0.740. The summed E-state index contributed by atoms with van der Waals surface area (Å²) >= 11 is 0. The Bertz CT molecular complexity index is 395. The fourth-order valence-corrected chi connectivity index (χ4v) is 2.57. The molecule has 20 heavy (non-hydrogen) atoms. The minimum absolute atomic E-state index is 0. The number of para-hydroxylation sites is 1. The van der Waals surface area contributed by atoms with Gasteiger partial charge in [0.15, 0.2) is 0 Å². The maximum absolute atomic E-state index is 5.49. The van der Waals surface area contributed by atoms with Crippen molar-refractivity contribution < 1.29 is 4.74 Å². The SMILES string of the molecule is C=CC[C@@H](c1ccccc1OC)N1CCNCC1.Cl.Cl. The van der Waals surface area contributed by atoms with Gasteiger partial charge in [0.1, 0.15) is 5.75 Å². The molecule has 1 atom stereocenters. The first kappa shape index (κ1) is 19.3. The topological polar surface area (TPSA) is 24.5 Å². The molecule has 114 valence electrons. The van der Waals surface area contributed by atoms with E-state index in [0.29, 0.717) is 6.04 Å². The Morgan fingerprint density at radius 1 is 1.30 bits per heavy atom. The van der Waals surface area contributed by atoms with Gasteiger partial charge >= 0.3 is 0 Å². The third-order valence-corrected chi connectivity index (χ3v) is 3.48. The molecule has 0 saturated carbocycles. The van der Waals surface area contributed by atoms with Crippen molar-refractivity contribution in [3.05, 3.63) is 42.5 Å². The number of hydrogen-bond acceptors (Lipinski definition) is 3. The van der Waals surface area contributed by atoms with Gasteiger partial charge in [0.2, 0.25) is 0 Å². The molecule has 0 unspecified atom stereocenters. The third-order valence-electron chi connectivity index (χ3n) is 3.48. The van der Waals surface area contributed by atoms with Crippen molar-refractivity contribution in [2.45, 2.75) is 12.5 Å². The number of hydrogen-bond donors (Lipinski definition) is 1. The summed E-state index contributed by atoms with van der Waals surface area (Å²) in [5.74, 6) is 0.975. The van der Waals surface area contributed by atoms with Crippen LogP contribution in [0.4, 0.5) is 0 Å². The van der Waals surface area contributed by atoms with Crippen LogP contribution in [0.15, 0.2) is 36.9 Å². The molecule has 2 rings (SSSR count). The van der Waals surface area contributed by atoms with Crippen LogP contribution in [0.25, 0.3) is 0 Å². The maximum atomic E-state index is 5.49. The number of nitrogens with zero attached hydrogens (tertiary/aromatic N) is 1. The second kappa shape index (κ2) is 10.1.